The summed E-state index contributed by atoms with van der Waals surface area (Å²) in [6.07, 6.45) is -0.122. The number of carbonyl (C=O) groups is 3. The Kier molecular flexibility index (Phi) is 7.38. The molecule has 0 aliphatic rings. The van der Waals surface area contributed by atoms with E-state index in [1.807, 2.05) is 19.1 Å². The molecule has 0 radical (unpaired) electrons. The van der Waals surface area contributed by atoms with E-state index < -0.39 is 5.97 Å². The van der Waals surface area contributed by atoms with Gasteiger partial charge in [-0.05, 0) is 19.1 Å². The molecule has 1 aromatic heterocycles. The number of hydrogen-bond acceptors (Lipinski definition) is 4. The van der Waals surface area contributed by atoms with E-state index in [9.17, 15) is 14.4 Å². The van der Waals surface area contributed by atoms with E-state index in [4.69, 9.17) is 5.11 Å². The number of rotatable bonds is 8. The van der Waals surface area contributed by atoms with Crippen LogP contribution in [-0.2, 0) is 16.1 Å². The van der Waals surface area contributed by atoms with E-state index in [0.29, 0.717) is 19.6 Å². The van der Waals surface area contributed by atoms with Crippen LogP contribution in [0.1, 0.15) is 23.1 Å². The quantitative estimate of drug-likeness (QED) is 0.667. The van der Waals surface area contributed by atoms with Crippen LogP contribution in [0.5, 0.6) is 0 Å². The molecular formula is C14H21N3O4S. The first-order valence-corrected chi connectivity index (χ1v) is 7.74. The van der Waals surface area contributed by atoms with E-state index in [2.05, 4.69) is 10.6 Å². The zero-order chi connectivity index (χ0) is 16.5. The zero-order valence-electron chi connectivity index (χ0n) is 12.7. The molecule has 0 aliphatic heterocycles. The molecule has 0 fully saturated rings. The molecule has 1 rings (SSSR count). The summed E-state index contributed by atoms with van der Waals surface area (Å²) < 4.78 is 0. The lowest BCUT2D eigenvalue weighted by molar-refractivity contribution is -0.136. The molecule has 3 amide bonds. The Morgan fingerprint density at radius 2 is 1.95 bits per heavy atom. The number of urea groups is 1. The van der Waals surface area contributed by atoms with E-state index in [1.165, 1.54) is 6.92 Å². The number of carbonyl (C=O) groups excluding carboxylic acids is 2. The van der Waals surface area contributed by atoms with Crippen LogP contribution in [0.2, 0.25) is 0 Å². The van der Waals surface area contributed by atoms with Crippen LogP contribution in [0.3, 0.4) is 0 Å². The lowest BCUT2D eigenvalue weighted by Crippen LogP contribution is -2.43. The Morgan fingerprint density at radius 3 is 2.50 bits per heavy atom. The van der Waals surface area contributed by atoms with Gasteiger partial charge in [-0.2, -0.15) is 0 Å². The van der Waals surface area contributed by atoms with E-state index in [-0.39, 0.29) is 24.9 Å². The van der Waals surface area contributed by atoms with Gasteiger partial charge in [0.25, 0.3) is 0 Å². The summed E-state index contributed by atoms with van der Waals surface area (Å²) in [5.74, 6) is -1.11. The molecule has 0 spiro atoms. The van der Waals surface area contributed by atoms with Crippen molar-refractivity contribution in [2.45, 2.75) is 26.8 Å². The minimum absolute atomic E-state index is 0.0777. The molecule has 0 saturated heterocycles. The fourth-order valence-electron chi connectivity index (χ4n) is 1.77. The lowest BCUT2D eigenvalue weighted by atomic mass is 10.4. The second-order valence-corrected chi connectivity index (χ2v) is 6.16. The normalized spacial score (nSPS) is 10.1. The molecule has 0 aliphatic carbocycles. The molecule has 0 saturated carbocycles. The molecule has 122 valence electrons. The SMILES string of the molecule is CC(=O)NCCN(Cc1ccc(C)s1)C(=O)NCCC(=O)O. The standard InChI is InChI=1S/C14H21N3O4S/c1-10-3-4-12(22-10)9-17(8-7-15-11(2)18)14(21)16-6-5-13(19)20/h3-4H,5-9H2,1-2H3,(H,15,18)(H,16,21)(H,19,20). The van der Waals surface area contributed by atoms with Crippen molar-refractivity contribution in [3.05, 3.63) is 21.9 Å². The van der Waals surface area contributed by atoms with Crippen LogP contribution in [0.25, 0.3) is 0 Å². The van der Waals surface area contributed by atoms with Crippen LogP contribution in [0.4, 0.5) is 4.79 Å². The van der Waals surface area contributed by atoms with Gasteiger partial charge in [-0.1, -0.05) is 0 Å². The first-order valence-electron chi connectivity index (χ1n) is 6.93. The number of carboxylic acid groups (broad SMARTS) is 1. The largest absolute Gasteiger partial charge is 0.481 e. The molecule has 0 aromatic carbocycles. The molecular weight excluding hydrogens is 306 g/mol. The maximum Gasteiger partial charge on any atom is 0.317 e. The second-order valence-electron chi connectivity index (χ2n) is 4.79. The summed E-state index contributed by atoms with van der Waals surface area (Å²) in [5.41, 5.74) is 0. The van der Waals surface area contributed by atoms with Crippen LogP contribution in [0, 0.1) is 6.92 Å². The predicted molar refractivity (Wildman–Crippen MR) is 83.8 cm³/mol. The van der Waals surface area contributed by atoms with Gasteiger partial charge in [0.05, 0.1) is 13.0 Å². The highest BCUT2D eigenvalue weighted by Crippen LogP contribution is 2.17. The smallest absolute Gasteiger partial charge is 0.317 e. The average molecular weight is 327 g/mol. The predicted octanol–water partition coefficient (Wildman–Crippen LogP) is 1.18. The molecule has 0 unspecified atom stereocenters. The third-order valence-corrected chi connectivity index (χ3v) is 3.79. The fourth-order valence-corrected chi connectivity index (χ4v) is 2.67. The summed E-state index contributed by atoms with van der Waals surface area (Å²) in [4.78, 5) is 37.3. The number of aryl methyl sites for hydroxylation is 1. The average Bonchev–Trinajstić information content (AvgIpc) is 2.82. The first-order chi connectivity index (χ1) is 10.4. The summed E-state index contributed by atoms with van der Waals surface area (Å²) in [7, 11) is 0. The van der Waals surface area contributed by atoms with Crippen molar-refractivity contribution in [2.75, 3.05) is 19.6 Å². The van der Waals surface area contributed by atoms with Gasteiger partial charge < -0.3 is 20.6 Å². The number of aliphatic carboxylic acids is 1. The van der Waals surface area contributed by atoms with Crippen molar-refractivity contribution >= 4 is 29.2 Å². The van der Waals surface area contributed by atoms with E-state index in [0.717, 1.165) is 9.75 Å². The summed E-state index contributed by atoms with van der Waals surface area (Å²) >= 11 is 1.60. The molecule has 0 atom stereocenters. The van der Waals surface area contributed by atoms with Crippen molar-refractivity contribution in [1.29, 1.82) is 0 Å². The summed E-state index contributed by atoms with van der Waals surface area (Å²) in [5, 5.41) is 13.8. The Morgan fingerprint density at radius 1 is 1.23 bits per heavy atom. The number of nitrogens with zero attached hydrogens (tertiary/aromatic N) is 1. The van der Waals surface area contributed by atoms with Gasteiger partial charge >= 0.3 is 12.0 Å². The maximum absolute atomic E-state index is 12.1. The summed E-state index contributed by atoms with van der Waals surface area (Å²) in [6.45, 7) is 4.62. The Balaban J connectivity index is 2.57. The first kappa shape index (κ1) is 18.0. The minimum atomic E-state index is -0.959. The van der Waals surface area contributed by atoms with Gasteiger partial charge in [0.2, 0.25) is 5.91 Å². The van der Waals surface area contributed by atoms with Gasteiger partial charge in [0, 0.05) is 36.3 Å². The highest BCUT2D eigenvalue weighted by Gasteiger charge is 2.14. The molecule has 1 aromatic rings. The third kappa shape index (κ3) is 7.07. The van der Waals surface area contributed by atoms with Crippen molar-refractivity contribution in [1.82, 2.24) is 15.5 Å². The Bertz CT molecular complexity index is 530. The lowest BCUT2D eigenvalue weighted by Gasteiger charge is -2.22. The zero-order valence-corrected chi connectivity index (χ0v) is 13.5. The maximum atomic E-state index is 12.1. The van der Waals surface area contributed by atoms with Crippen molar-refractivity contribution in [3.63, 3.8) is 0 Å². The van der Waals surface area contributed by atoms with Crippen LogP contribution in [-0.4, -0.2) is 47.5 Å². The van der Waals surface area contributed by atoms with Gasteiger partial charge in [0.15, 0.2) is 0 Å². The molecule has 7 nitrogen and oxygen atoms in total. The highest BCUT2D eigenvalue weighted by atomic mass is 32.1. The molecule has 1 heterocycles. The monoisotopic (exact) mass is 327 g/mol. The fraction of sp³-hybridized carbons (Fsp3) is 0.500. The molecule has 3 N–H and O–H groups in total. The topological polar surface area (TPSA) is 98.7 Å². The van der Waals surface area contributed by atoms with Crippen LogP contribution >= 0.6 is 11.3 Å². The second kappa shape index (κ2) is 9.04. The number of hydrogen-bond donors (Lipinski definition) is 3. The van der Waals surface area contributed by atoms with Gasteiger partial charge in [-0.25, -0.2) is 4.79 Å². The van der Waals surface area contributed by atoms with Crippen molar-refractivity contribution in [3.8, 4) is 0 Å². The highest BCUT2D eigenvalue weighted by molar-refractivity contribution is 7.11. The van der Waals surface area contributed by atoms with Crippen LogP contribution < -0.4 is 10.6 Å². The van der Waals surface area contributed by atoms with Gasteiger partial charge in [-0.3, -0.25) is 9.59 Å². The van der Waals surface area contributed by atoms with E-state index >= 15 is 0 Å². The van der Waals surface area contributed by atoms with Gasteiger partial charge in [-0.15, -0.1) is 11.3 Å². The van der Waals surface area contributed by atoms with E-state index in [1.54, 1.807) is 16.2 Å². The minimum Gasteiger partial charge on any atom is -0.481 e. The Labute approximate surface area is 133 Å². The number of amides is 3. The third-order valence-electron chi connectivity index (χ3n) is 2.80. The van der Waals surface area contributed by atoms with Crippen molar-refractivity contribution < 1.29 is 19.5 Å². The van der Waals surface area contributed by atoms with Gasteiger partial charge in [0.1, 0.15) is 0 Å². The van der Waals surface area contributed by atoms with Crippen molar-refractivity contribution in [2.24, 2.45) is 0 Å². The molecule has 22 heavy (non-hydrogen) atoms. The number of carboxylic acids is 1. The molecule has 0 bridgehead atoms. The summed E-state index contributed by atoms with van der Waals surface area (Å²) in [6, 6.07) is 3.60. The number of thiophene rings is 1. The Hall–Kier alpha value is -2.09. The van der Waals surface area contributed by atoms with Crippen LogP contribution in [0.15, 0.2) is 12.1 Å². The molecule has 8 heteroatoms. The number of nitrogens with one attached hydrogen (secondary N) is 2.